The molecular formula is C14H20F2N2O. The molecule has 106 valence electrons. The molecule has 0 saturated heterocycles. The summed E-state index contributed by atoms with van der Waals surface area (Å²) in [7, 11) is 0. The zero-order valence-electron chi connectivity index (χ0n) is 11.5. The number of carbonyl (C=O) groups is 1. The molecular weight excluding hydrogens is 250 g/mol. The van der Waals surface area contributed by atoms with E-state index in [-0.39, 0.29) is 17.6 Å². The van der Waals surface area contributed by atoms with Crippen molar-refractivity contribution < 1.29 is 13.6 Å². The van der Waals surface area contributed by atoms with Gasteiger partial charge in [0.1, 0.15) is 23.4 Å². The zero-order chi connectivity index (χ0) is 14.4. The fraction of sp³-hybridized carbons (Fsp3) is 0.500. The molecule has 2 unspecified atom stereocenters. The molecule has 19 heavy (non-hydrogen) atoms. The van der Waals surface area contributed by atoms with Crippen molar-refractivity contribution in [1.82, 2.24) is 5.32 Å². The topological polar surface area (TPSA) is 41.1 Å². The van der Waals surface area contributed by atoms with E-state index in [1.807, 2.05) is 13.8 Å². The Bertz CT molecular complexity index is 417. The summed E-state index contributed by atoms with van der Waals surface area (Å²) in [6.45, 7) is 5.50. The highest BCUT2D eigenvalue weighted by Crippen LogP contribution is 2.18. The van der Waals surface area contributed by atoms with Crippen LogP contribution in [0.5, 0.6) is 0 Å². The first-order valence-corrected chi connectivity index (χ1v) is 6.46. The molecule has 2 atom stereocenters. The van der Waals surface area contributed by atoms with Crippen LogP contribution in [-0.2, 0) is 4.79 Å². The molecule has 0 aliphatic carbocycles. The van der Waals surface area contributed by atoms with E-state index in [1.54, 1.807) is 6.92 Å². The molecule has 1 aromatic rings. The first-order valence-electron chi connectivity index (χ1n) is 6.46. The van der Waals surface area contributed by atoms with E-state index in [4.69, 9.17) is 0 Å². The Hall–Kier alpha value is -1.65. The van der Waals surface area contributed by atoms with Crippen LogP contribution in [0.1, 0.15) is 33.6 Å². The van der Waals surface area contributed by atoms with Gasteiger partial charge >= 0.3 is 0 Å². The molecule has 5 heteroatoms. The normalized spacial score (nSPS) is 13.7. The lowest BCUT2D eigenvalue weighted by molar-refractivity contribution is -0.122. The molecule has 0 aliphatic heterocycles. The molecule has 1 rings (SSSR count). The van der Waals surface area contributed by atoms with Gasteiger partial charge in [0.05, 0.1) is 0 Å². The number of halogens is 2. The van der Waals surface area contributed by atoms with Gasteiger partial charge in [-0.2, -0.15) is 0 Å². The molecule has 2 N–H and O–H groups in total. The summed E-state index contributed by atoms with van der Waals surface area (Å²) in [5.74, 6) is -1.69. The van der Waals surface area contributed by atoms with Crippen LogP contribution in [0.2, 0.25) is 0 Å². The number of hydrogen-bond acceptors (Lipinski definition) is 2. The van der Waals surface area contributed by atoms with Crippen LogP contribution in [0.25, 0.3) is 0 Å². The quantitative estimate of drug-likeness (QED) is 0.834. The Kier molecular flexibility index (Phi) is 5.73. The van der Waals surface area contributed by atoms with Crippen molar-refractivity contribution >= 4 is 11.6 Å². The summed E-state index contributed by atoms with van der Waals surface area (Å²) in [6, 6.07) is 2.92. The number of carbonyl (C=O) groups excluding carboxylic acids is 1. The molecule has 1 amide bonds. The second-order valence-electron chi connectivity index (χ2n) is 4.66. The summed E-state index contributed by atoms with van der Waals surface area (Å²) in [5, 5.41) is 5.36. The van der Waals surface area contributed by atoms with E-state index < -0.39 is 17.7 Å². The van der Waals surface area contributed by atoms with E-state index in [2.05, 4.69) is 10.6 Å². The number of hydrogen-bond donors (Lipinski definition) is 2. The standard InChI is InChI=1S/C14H20F2N2O/c1-4-6-9(2)17-14(19)10(3)18-13-11(15)7-5-8-12(13)16/h5,7-10,18H,4,6H2,1-3H3,(H,17,19). The molecule has 0 bridgehead atoms. The monoisotopic (exact) mass is 270 g/mol. The van der Waals surface area contributed by atoms with Crippen molar-refractivity contribution in [3.05, 3.63) is 29.8 Å². The predicted octanol–water partition coefficient (Wildman–Crippen LogP) is 3.07. The van der Waals surface area contributed by atoms with Crippen molar-refractivity contribution in [2.24, 2.45) is 0 Å². The van der Waals surface area contributed by atoms with E-state index in [1.165, 1.54) is 6.07 Å². The maximum absolute atomic E-state index is 13.4. The van der Waals surface area contributed by atoms with Crippen molar-refractivity contribution in [1.29, 1.82) is 0 Å². The minimum atomic E-state index is -0.707. The highest BCUT2D eigenvalue weighted by Gasteiger charge is 2.18. The van der Waals surface area contributed by atoms with Gasteiger partial charge in [-0.25, -0.2) is 8.78 Å². The molecule has 0 fully saturated rings. The van der Waals surface area contributed by atoms with Gasteiger partial charge in [0.25, 0.3) is 0 Å². The fourth-order valence-electron chi connectivity index (χ4n) is 1.79. The number of para-hydroxylation sites is 1. The Labute approximate surface area is 112 Å². The third-order valence-electron chi connectivity index (χ3n) is 2.83. The van der Waals surface area contributed by atoms with E-state index >= 15 is 0 Å². The van der Waals surface area contributed by atoms with Crippen LogP contribution < -0.4 is 10.6 Å². The lowest BCUT2D eigenvalue weighted by Gasteiger charge is -2.19. The van der Waals surface area contributed by atoms with Gasteiger partial charge in [-0.05, 0) is 32.4 Å². The van der Waals surface area contributed by atoms with Crippen LogP contribution in [0.3, 0.4) is 0 Å². The molecule has 3 nitrogen and oxygen atoms in total. The average Bonchev–Trinajstić information content (AvgIpc) is 2.34. The zero-order valence-corrected chi connectivity index (χ0v) is 11.5. The van der Waals surface area contributed by atoms with Crippen molar-refractivity contribution in [3.63, 3.8) is 0 Å². The Morgan fingerprint density at radius 2 is 1.84 bits per heavy atom. The second-order valence-corrected chi connectivity index (χ2v) is 4.66. The van der Waals surface area contributed by atoms with Crippen molar-refractivity contribution in [3.8, 4) is 0 Å². The van der Waals surface area contributed by atoms with Gasteiger partial charge in [-0.1, -0.05) is 19.4 Å². The summed E-state index contributed by atoms with van der Waals surface area (Å²) < 4.78 is 26.8. The van der Waals surface area contributed by atoms with Crippen LogP contribution in [0.15, 0.2) is 18.2 Å². The molecule has 0 heterocycles. The first-order chi connectivity index (χ1) is 8.95. The second kappa shape index (κ2) is 7.07. The molecule has 0 spiro atoms. The largest absolute Gasteiger partial charge is 0.369 e. The van der Waals surface area contributed by atoms with Gasteiger partial charge in [0.2, 0.25) is 5.91 Å². The summed E-state index contributed by atoms with van der Waals surface area (Å²) in [5.41, 5.74) is -0.270. The van der Waals surface area contributed by atoms with E-state index in [0.29, 0.717) is 0 Å². The fourth-order valence-corrected chi connectivity index (χ4v) is 1.79. The van der Waals surface area contributed by atoms with Gasteiger partial charge < -0.3 is 10.6 Å². The van der Waals surface area contributed by atoms with Gasteiger partial charge in [0.15, 0.2) is 0 Å². The molecule has 0 radical (unpaired) electrons. The Morgan fingerprint density at radius 1 is 1.26 bits per heavy atom. The van der Waals surface area contributed by atoms with Gasteiger partial charge in [0, 0.05) is 6.04 Å². The summed E-state index contributed by atoms with van der Waals surface area (Å²) >= 11 is 0. The first kappa shape index (κ1) is 15.4. The van der Waals surface area contributed by atoms with Gasteiger partial charge in [-0.3, -0.25) is 4.79 Å². The van der Waals surface area contributed by atoms with Gasteiger partial charge in [-0.15, -0.1) is 0 Å². The SMILES string of the molecule is CCCC(C)NC(=O)C(C)Nc1c(F)cccc1F. The highest BCUT2D eigenvalue weighted by atomic mass is 19.1. The molecule has 0 aliphatic rings. The average molecular weight is 270 g/mol. The highest BCUT2D eigenvalue weighted by molar-refractivity contribution is 5.84. The lowest BCUT2D eigenvalue weighted by Crippen LogP contribution is -2.42. The summed E-state index contributed by atoms with van der Waals surface area (Å²) in [4.78, 5) is 11.8. The molecule has 0 saturated carbocycles. The van der Waals surface area contributed by atoms with E-state index in [0.717, 1.165) is 25.0 Å². The number of nitrogens with one attached hydrogen (secondary N) is 2. The van der Waals surface area contributed by atoms with Crippen LogP contribution in [0, 0.1) is 11.6 Å². The number of rotatable bonds is 6. The minimum Gasteiger partial charge on any atom is -0.369 e. The minimum absolute atomic E-state index is 0.0483. The van der Waals surface area contributed by atoms with Crippen molar-refractivity contribution in [2.45, 2.75) is 45.7 Å². The van der Waals surface area contributed by atoms with E-state index in [9.17, 15) is 13.6 Å². The number of benzene rings is 1. The van der Waals surface area contributed by atoms with Crippen molar-refractivity contribution in [2.75, 3.05) is 5.32 Å². The third kappa shape index (κ3) is 4.50. The smallest absolute Gasteiger partial charge is 0.242 e. The van der Waals surface area contributed by atoms with Crippen LogP contribution >= 0.6 is 0 Å². The summed E-state index contributed by atoms with van der Waals surface area (Å²) in [6.07, 6.45) is 1.83. The third-order valence-corrected chi connectivity index (χ3v) is 2.83. The maximum Gasteiger partial charge on any atom is 0.242 e. The number of amides is 1. The maximum atomic E-state index is 13.4. The van der Waals surface area contributed by atoms with Crippen LogP contribution in [0.4, 0.5) is 14.5 Å². The molecule has 0 aromatic heterocycles. The number of anilines is 1. The lowest BCUT2D eigenvalue weighted by atomic mass is 10.2. The Balaban J connectivity index is 2.64. The van der Waals surface area contributed by atoms with Crippen LogP contribution in [-0.4, -0.2) is 18.0 Å². The Morgan fingerprint density at radius 3 is 2.37 bits per heavy atom. The molecule has 1 aromatic carbocycles. The predicted molar refractivity (Wildman–Crippen MR) is 72.0 cm³/mol.